The SMILES string of the molecule is CN[C@@H](C)C(=O)NC(C(=O)N1CCC[C@H]1c1nc(C(=O)c2cccc(Nc3c(OC(C)C)c(=O)c3=O)c2)cs1)C1CCCCC1. The zero-order valence-corrected chi connectivity index (χ0v) is 27.0. The van der Waals surface area contributed by atoms with Crippen molar-refractivity contribution in [3.8, 4) is 5.75 Å². The summed E-state index contributed by atoms with van der Waals surface area (Å²) in [5.41, 5.74) is -0.169. The number of carbonyl (C=O) groups excluding carboxylic acids is 3. The molecule has 1 saturated heterocycles. The van der Waals surface area contributed by atoms with E-state index >= 15 is 0 Å². The Labute approximate surface area is 266 Å². The number of anilines is 2. The molecule has 5 rings (SSSR count). The summed E-state index contributed by atoms with van der Waals surface area (Å²) in [6, 6.07) is 5.37. The zero-order valence-electron chi connectivity index (χ0n) is 26.2. The highest BCUT2D eigenvalue weighted by molar-refractivity contribution is 7.10. The fourth-order valence-electron chi connectivity index (χ4n) is 6.13. The summed E-state index contributed by atoms with van der Waals surface area (Å²) in [4.78, 5) is 71.0. The molecule has 1 saturated carbocycles. The Morgan fingerprint density at radius 2 is 1.78 bits per heavy atom. The molecule has 3 N–H and O–H groups in total. The Bertz CT molecular complexity index is 1620. The lowest BCUT2D eigenvalue weighted by Gasteiger charge is -2.35. The van der Waals surface area contributed by atoms with Crippen molar-refractivity contribution in [2.45, 2.75) is 89.9 Å². The van der Waals surface area contributed by atoms with Gasteiger partial charge in [0, 0.05) is 23.2 Å². The van der Waals surface area contributed by atoms with Crippen molar-refractivity contribution in [1.29, 1.82) is 0 Å². The molecular weight excluding hydrogens is 594 g/mol. The van der Waals surface area contributed by atoms with Gasteiger partial charge in [0.25, 0.3) is 10.9 Å². The quantitative estimate of drug-likeness (QED) is 0.200. The number of nitrogens with one attached hydrogen (secondary N) is 3. The number of likely N-dealkylation sites (tertiary alicyclic amines) is 1. The summed E-state index contributed by atoms with van der Waals surface area (Å²) in [5.74, 6) is -0.485. The first-order valence-electron chi connectivity index (χ1n) is 15.7. The maximum Gasteiger partial charge on any atom is 0.272 e. The van der Waals surface area contributed by atoms with Crippen molar-refractivity contribution in [3.63, 3.8) is 0 Å². The summed E-state index contributed by atoms with van der Waals surface area (Å²) >= 11 is 1.35. The fraction of sp³-hybridized carbons (Fsp3) is 0.515. The third kappa shape index (κ3) is 7.01. The lowest BCUT2D eigenvalue weighted by molar-refractivity contribution is -0.139. The van der Waals surface area contributed by atoms with E-state index in [1.165, 1.54) is 11.3 Å². The molecule has 0 spiro atoms. The van der Waals surface area contributed by atoms with Gasteiger partial charge >= 0.3 is 0 Å². The molecule has 3 atom stereocenters. The van der Waals surface area contributed by atoms with Gasteiger partial charge in [0.2, 0.25) is 17.6 Å². The Kier molecular flexibility index (Phi) is 10.1. The summed E-state index contributed by atoms with van der Waals surface area (Å²) in [6.45, 7) is 5.88. The zero-order chi connectivity index (χ0) is 32.2. The first-order valence-corrected chi connectivity index (χ1v) is 16.6. The van der Waals surface area contributed by atoms with Crippen LogP contribution >= 0.6 is 11.3 Å². The molecule has 1 aliphatic heterocycles. The predicted molar refractivity (Wildman–Crippen MR) is 173 cm³/mol. The lowest BCUT2D eigenvalue weighted by Crippen LogP contribution is -2.55. The first-order chi connectivity index (χ1) is 21.6. The summed E-state index contributed by atoms with van der Waals surface area (Å²) in [5, 5.41) is 11.3. The number of hydrogen-bond acceptors (Lipinski definition) is 10. The van der Waals surface area contributed by atoms with E-state index in [1.54, 1.807) is 57.5 Å². The molecule has 2 heterocycles. The van der Waals surface area contributed by atoms with Crippen LogP contribution in [-0.2, 0) is 9.59 Å². The highest BCUT2D eigenvalue weighted by Crippen LogP contribution is 2.37. The Hall–Kier alpha value is -3.90. The van der Waals surface area contributed by atoms with E-state index in [9.17, 15) is 24.0 Å². The van der Waals surface area contributed by atoms with Crippen molar-refractivity contribution >= 4 is 40.3 Å². The van der Waals surface area contributed by atoms with Crippen LogP contribution in [0.4, 0.5) is 11.4 Å². The largest absolute Gasteiger partial charge is 0.485 e. The average Bonchev–Trinajstić information content (AvgIpc) is 3.75. The third-order valence-electron chi connectivity index (χ3n) is 8.70. The molecule has 0 bridgehead atoms. The molecular formula is C33H41N5O6S. The van der Waals surface area contributed by atoms with Crippen LogP contribution in [0.15, 0.2) is 39.2 Å². The molecule has 3 aromatic rings. The number of rotatable bonds is 12. The van der Waals surface area contributed by atoms with Crippen LogP contribution in [0.2, 0.25) is 0 Å². The molecule has 240 valence electrons. The number of ketones is 1. The Morgan fingerprint density at radius 3 is 2.49 bits per heavy atom. The number of aromatic nitrogens is 1. The number of thiazole rings is 1. The molecule has 45 heavy (non-hydrogen) atoms. The number of ether oxygens (including phenoxy) is 1. The minimum absolute atomic E-state index is 0.00614. The van der Waals surface area contributed by atoms with E-state index in [0.29, 0.717) is 22.8 Å². The summed E-state index contributed by atoms with van der Waals surface area (Å²) in [6.07, 6.45) is 6.30. The van der Waals surface area contributed by atoms with Crippen LogP contribution in [0.3, 0.4) is 0 Å². The number of likely N-dealkylation sites (N-methyl/N-ethyl adjacent to an activating group) is 1. The molecule has 11 nitrogen and oxygen atoms in total. The van der Waals surface area contributed by atoms with Gasteiger partial charge in [-0.3, -0.25) is 24.0 Å². The third-order valence-corrected chi connectivity index (χ3v) is 9.65. The molecule has 1 aromatic heterocycles. The van der Waals surface area contributed by atoms with Crippen molar-refractivity contribution in [3.05, 3.63) is 66.4 Å². The summed E-state index contributed by atoms with van der Waals surface area (Å²) in [7, 11) is 1.72. The van der Waals surface area contributed by atoms with Gasteiger partial charge in [0.05, 0.1) is 18.2 Å². The average molecular weight is 636 g/mol. The van der Waals surface area contributed by atoms with Gasteiger partial charge in [-0.15, -0.1) is 11.3 Å². The van der Waals surface area contributed by atoms with E-state index in [-0.39, 0.29) is 52.8 Å². The normalized spacial score (nSPS) is 18.6. The van der Waals surface area contributed by atoms with Crippen molar-refractivity contribution in [2.24, 2.45) is 5.92 Å². The van der Waals surface area contributed by atoms with Crippen molar-refractivity contribution in [1.82, 2.24) is 20.5 Å². The molecule has 1 aliphatic carbocycles. The van der Waals surface area contributed by atoms with E-state index in [1.807, 2.05) is 4.90 Å². The van der Waals surface area contributed by atoms with Gasteiger partial charge in [-0.05, 0) is 71.6 Å². The minimum Gasteiger partial charge on any atom is -0.485 e. The van der Waals surface area contributed by atoms with Crippen molar-refractivity contribution < 1.29 is 19.1 Å². The van der Waals surface area contributed by atoms with Gasteiger partial charge < -0.3 is 25.6 Å². The van der Waals surface area contributed by atoms with Crippen LogP contribution in [0.1, 0.15) is 92.8 Å². The number of amides is 2. The van der Waals surface area contributed by atoms with Gasteiger partial charge in [0.1, 0.15) is 22.4 Å². The smallest absolute Gasteiger partial charge is 0.272 e. The first kappa shape index (κ1) is 32.5. The summed E-state index contributed by atoms with van der Waals surface area (Å²) < 4.78 is 5.48. The monoisotopic (exact) mass is 635 g/mol. The van der Waals surface area contributed by atoms with E-state index < -0.39 is 22.9 Å². The minimum atomic E-state index is -0.673. The molecule has 12 heteroatoms. The van der Waals surface area contributed by atoms with E-state index in [4.69, 9.17) is 4.74 Å². The van der Waals surface area contributed by atoms with Crippen LogP contribution < -0.4 is 31.5 Å². The van der Waals surface area contributed by atoms with Gasteiger partial charge in [-0.25, -0.2) is 4.98 Å². The fourth-order valence-corrected chi connectivity index (χ4v) is 7.08. The maximum atomic E-state index is 14.1. The van der Waals surface area contributed by atoms with Crippen LogP contribution in [0.25, 0.3) is 0 Å². The predicted octanol–water partition coefficient (Wildman–Crippen LogP) is 3.84. The molecule has 0 radical (unpaired) electrons. The van der Waals surface area contributed by atoms with Crippen LogP contribution in [0.5, 0.6) is 5.75 Å². The number of hydrogen-bond donors (Lipinski definition) is 3. The second-order valence-electron chi connectivity index (χ2n) is 12.2. The Morgan fingerprint density at radius 1 is 1.02 bits per heavy atom. The number of benzene rings is 1. The Balaban J connectivity index is 1.32. The second kappa shape index (κ2) is 14.0. The van der Waals surface area contributed by atoms with Gasteiger partial charge in [0.15, 0.2) is 5.75 Å². The maximum absolute atomic E-state index is 14.1. The standard InChI is InChI=1S/C33H41N5O6S/c1-18(2)44-30-26(28(40)29(30)41)35-22-13-8-12-21(16-22)27(39)23-17-45-32(36-23)24-14-9-15-38(24)33(43)25(20-10-6-5-7-11-20)37-31(42)19(3)34-4/h8,12-13,16-20,24-25,34-35H,5-7,9-11,14-15H2,1-4H3,(H,37,42)/t19-,24-,25?/m0/s1. The van der Waals surface area contributed by atoms with Crippen LogP contribution in [0, 0.1) is 5.92 Å². The highest BCUT2D eigenvalue weighted by Gasteiger charge is 2.40. The van der Waals surface area contributed by atoms with E-state index in [2.05, 4.69) is 20.9 Å². The number of carbonyl (C=O) groups is 3. The van der Waals surface area contributed by atoms with Crippen LogP contribution in [-0.4, -0.2) is 59.3 Å². The van der Waals surface area contributed by atoms with E-state index in [0.717, 1.165) is 44.9 Å². The highest BCUT2D eigenvalue weighted by atomic mass is 32.1. The number of nitrogens with zero attached hydrogens (tertiary/aromatic N) is 2. The molecule has 1 unspecified atom stereocenters. The van der Waals surface area contributed by atoms with Gasteiger partial charge in [-0.1, -0.05) is 31.4 Å². The molecule has 2 fully saturated rings. The molecule has 2 amide bonds. The molecule has 2 aromatic carbocycles. The van der Waals surface area contributed by atoms with Crippen molar-refractivity contribution in [2.75, 3.05) is 18.9 Å². The lowest BCUT2D eigenvalue weighted by atomic mass is 9.83. The molecule has 2 aliphatic rings. The topological polar surface area (TPSA) is 147 Å². The van der Waals surface area contributed by atoms with Gasteiger partial charge in [-0.2, -0.15) is 0 Å². The second-order valence-corrected chi connectivity index (χ2v) is 13.1.